The second-order valence-electron chi connectivity index (χ2n) is 8.72. The lowest BCUT2D eigenvalue weighted by Gasteiger charge is -2.42. The number of aliphatic carboxylic acids is 1. The number of aromatic amines is 1. The van der Waals surface area contributed by atoms with Crippen LogP contribution < -0.4 is 4.87 Å². The van der Waals surface area contributed by atoms with E-state index in [9.17, 15) is 19.2 Å². The average molecular weight is 458 g/mol. The summed E-state index contributed by atoms with van der Waals surface area (Å²) in [4.78, 5) is 58.8. The predicted octanol–water partition coefficient (Wildman–Crippen LogP) is 1.78. The van der Waals surface area contributed by atoms with Gasteiger partial charge >= 0.3 is 10.8 Å². The molecule has 0 spiro atoms. The Morgan fingerprint density at radius 2 is 2.00 bits per heavy atom. The van der Waals surface area contributed by atoms with Gasteiger partial charge in [0.2, 0.25) is 11.8 Å². The Labute approximate surface area is 185 Å². The van der Waals surface area contributed by atoms with Gasteiger partial charge in [0.05, 0.1) is 23.3 Å². The molecule has 2 aromatic heterocycles. The number of nitrogens with zero attached hydrogens (tertiary/aromatic N) is 2. The standard InChI is InChI=1S/C21H19N3O5S2/c25-11(26)3-5-24-19(27)14-9-6-10(15(14)20(24)28)16-13(9)12(8-2-1-4-22-7-8)17-18(30-16)23-21(29)31-17/h1-2,4,7,9-10,12-16H,3,5-6H2,(H,23,29)(H,25,26)/t9-,10-,12-,13-,14+,15-,16-/m1/s1. The van der Waals surface area contributed by atoms with Crippen molar-refractivity contribution in [3.8, 4) is 0 Å². The Morgan fingerprint density at radius 1 is 1.23 bits per heavy atom. The second-order valence-corrected chi connectivity index (χ2v) is 10.9. The zero-order valence-electron chi connectivity index (χ0n) is 16.3. The summed E-state index contributed by atoms with van der Waals surface area (Å²) >= 11 is 2.86. The average Bonchev–Trinajstić information content (AvgIpc) is 3.46. The van der Waals surface area contributed by atoms with Crippen LogP contribution in [0.1, 0.15) is 29.2 Å². The maximum Gasteiger partial charge on any atom is 0.305 e. The first-order chi connectivity index (χ1) is 15.0. The lowest BCUT2D eigenvalue weighted by molar-refractivity contribution is -0.142. The molecule has 4 aliphatic rings. The zero-order valence-corrected chi connectivity index (χ0v) is 17.9. The lowest BCUT2D eigenvalue weighted by Crippen LogP contribution is -2.42. The van der Waals surface area contributed by atoms with E-state index < -0.39 is 5.97 Å². The molecular formula is C21H19N3O5S2. The molecule has 2 N–H and O–H groups in total. The van der Waals surface area contributed by atoms with Gasteiger partial charge in [0.25, 0.3) is 0 Å². The number of thiazole rings is 1. The summed E-state index contributed by atoms with van der Waals surface area (Å²) in [6.07, 6.45) is 4.13. The number of pyridine rings is 1. The van der Waals surface area contributed by atoms with Crippen molar-refractivity contribution in [1.29, 1.82) is 0 Å². The fourth-order valence-electron chi connectivity index (χ4n) is 6.44. The van der Waals surface area contributed by atoms with Gasteiger partial charge < -0.3 is 10.1 Å². The van der Waals surface area contributed by atoms with Crippen molar-refractivity contribution in [2.75, 3.05) is 6.54 Å². The molecule has 2 amide bonds. The highest BCUT2D eigenvalue weighted by atomic mass is 32.2. The van der Waals surface area contributed by atoms with Crippen LogP contribution in [0.15, 0.2) is 34.3 Å². The van der Waals surface area contributed by atoms with Gasteiger partial charge in [0.1, 0.15) is 0 Å². The highest BCUT2D eigenvalue weighted by Crippen LogP contribution is 2.68. The third-order valence-corrected chi connectivity index (χ3v) is 10.00. The minimum Gasteiger partial charge on any atom is -0.481 e. The van der Waals surface area contributed by atoms with Crippen molar-refractivity contribution in [1.82, 2.24) is 14.9 Å². The van der Waals surface area contributed by atoms with Crippen molar-refractivity contribution in [2.45, 2.75) is 29.0 Å². The Morgan fingerprint density at radius 3 is 2.71 bits per heavy atom. The van der Waals surface area contributed by atoms with Crippen molar-refractivity contribution in [3.63, 3.8) is 0 Å². The minimum absolute atomic E-state index is 0.0363. The molecule has 2 bridgehead atoms. The molecule has 7 atom stereocenters. The van der Waals surface area contributed by atoms with Gasteiger partial charge in [-0.1, -0.05) is 17.4 Å². The molecule has 4 heterocycles. The van der Waals surface area contributed by atoms with Crippen molar-refractivity contribution < 1.29 is 19.5 Å². The number of rotatable bonds is 4. The quantitative estimate of drug-likeness (QED) is 0.672. The first kappa shape index (κ1) is 19.2. The predicted molar refractivity (Wildman–Crippen MR) is 112 cm³/mol. The number of likely N-dealkylation sites (tertiary alicyclic amines) is 1. The fourth-order valence-corrected chi connectivity index (χ4v) is 9.33. The molecule has 3 fully saturated rings. The van der Waals surface area contributed by atoms with Crippen molar-refractivity contribution >= 4 is 40.9 Å². The van der Waals surface area contributed by atoms with Crippen LogP contribution in [0.3, 0.4) is 0 Å². The smallest absolute Gasteiger partial charge is 0.305 e. The maximum absolute atomic E-state index is 13.2. The first-order valence-electron chi connectivity index (χ1n) is 10.3. The van der Waals surface area contributed by atoms with Gasteiger partial charge in [-0.15, -0.1) is 11.8 Å². The molecule has 0 radical (unpaired) electrons. The summed E-state index contributed by atoms with van der Waals surface area (Å²) in [7, 11) is 0. The van der Waals surface area contributed by atoms with Gasteiger partial charge in [-0.05, 0) is 35.8 Å². The Kier molecular flexibility index (Phi) is 4.20. The number of hydrogen-bond donors (Lipinski definition) is 2. The fraction of sp³-hybridized carbons (Fsp3) is 0.476. The van der Waals surface area contributed by atoms with Crippen LogP contribution >= 0.6 is 23.1 Å². The molecule has 2 saturated carbocycles. The number of carbonyl (C=O) groups is 3. The summed E-state index contributed by atoms with van der Waals surface area (Å²) < 4.78 is 0. The summed E-state index contributed by atoms with van der Waals surface area (Å²) in [5, 5.41) is 10.0. The van der Waals surface area contributed by atoms with Crippen molar-refractivity contribution in [3.05, 3.63) is 44.6 Å². The van der Waals surface area contributed by atoms with E-state index in [1.165, 1.54) is 16.2 Å². The van der Waals surface area contributed by atoms with E-state index in [1.54, 1.807) is 18.0 Å². The Bertz CT molecular complexity index is 1160. The van der Waals surface area contributed by atoms with Gasteiger partial charge in [-0.25, -0.2) is 0 Å². The van der Waals surface area contributed by atoms with Gasteiger partial charge in [0, 0.05) is 35.0 Å². The summed E-state index contributed by atoms with van der Waals surface area (Å²) in [5.74, 6) is -2.03. The van der Waals surface area contributed by atoms with Gasteiger partial charge in [-0.2, -0.15) is 0 Å². The number of nitrogens with one attached hydrogen (secondary N) is 1. The highest BCUT2D eigenvalue weighted by molar-refractivity contribution is 8.00. The molecule has 10 heteroatoms. The SMILES string of the molecule is O=C(O)CCN1C(=O)[C@@H]2[C@H]3C[C@@H]([C@@H]2C1=O)[C@@H]1[C@@H](c2cccnc2)c2sc(=O)[nH]c2S[C@H]31. The van der Waals surface area contributed by atoms with Crippen LogP contribution in [0, 0.1) is 29.6 Å². The number of carboxylic acids is 1. The molecule has 2 aromatic rings. The molecule has 31 heavy (non-hydrogen) atoms. The molecule has 0 aromatic carbocycles. The number of carbonyl (C=O) groups excluding carboxylic acids is 2. The molecule has 160 valence electrons. The third kappa shape index (κ3) is 2.64. The zero-order chi connectivity index (χ0) is 21.4. The van der Waals surface area contributed by atoms with Gasteiger partial charge in [0.15, 0.2) is 0 Å². The Balaban J connectivity index is 1.41. The molecular weight excluding hydrogens is 438 g/mol. The largest absolute Gasteiger partial charge is 0.481 e. The van der Waals surface area contributed by atoms with E-state index in [4.69, 9.17) is 5.11 Å². The summed E-state index contributed by atoms with van der Waals surface area (Å²) in [6, 6.07) is 3.90. The van der Waals surface area contributed by atoms with Crippen molar-refractivity contribution in [2.24, 2.45) is 29.6 Å². The second kappa shape index (κ2) is 6.77. The van der Waals surface area contributed by atoms with E-state index in [-0.39, 0.29) is 70.4 Å². The number of carboxylic acid groups (broad SMARTS) is 1. The maximum atomic E-state index is 13.2. The number of aromatic nitrogens is 2. The van der Waals surface area contributed by atoms with Crippen LogP contribution in [0.5, 0.6) is 0 Å². The summed E-state index contributed by atoms with van der Waals surface area (Å²) in [6.45, 7) is -0.0609. The van der Waals surface area contributed by atoms with Crippen LogP contribution in [-0.2, 0) is 14.4 Å². The normalized spacial score (nSPS) is 35.2. The molecule has 6 rings (SSSR count). The minimum atomic E-state index is -1.02. The number of amides is 2. The topological polar surface area (TPSA) is 120 Å². The number of thioether (sulfide) groups is 1. The van der Waals surface area contributed by atoms with E-state index in [0.29, 0.717) is 0 Å². The van der Waals surface area contributed by atoms with E-state index in [1.807, 2.05) is 18.3 Å². The number of hydrogen-bond acceptors (Lipinski definition) is 7. The van der Waals surface area contributed by atoms with Gasteiger partial charge in [-0.3, -0.25) is 29.1 Å². The monoisotopic (exact) mass is 457 g/mol. The first-order valence-corrected chi connectivity index (χ1v) is 12.0. The Hall–Kier alpha value is -2.46. The lowest BCUT2D eigenvalue weighted by atomic mass is 9.68. The van der Waals surface area contributed by atoms with Crippen LogP contribution in [0.2, 0.25) is 0 Å². The molecule has 2 aliphatic heterocycles. The van der Waals surface area contributed by atoms with E-state index in [0.717, 1.165) is 21.9 Å². The number of H-pyrrole nitrogens is 1. The van der Waals surface area contributed by atoms with Crippen LogP contribution in [-0.4, -0.2) is 49.6 Å². The molecule has 1 saturated heterocycles. The molecule has 8 nitrogen and oxygen atoms in total. The van der Waals surface area contributed by atoms with Crippen LogP contribution in [0.25, 0.3) is 0 Å². The number of imide groups is 1. The van der Waals surface area contributed by atoms with Crippen LogP contribution in [0.4, 0.5) is 0 Å². The molecule has 0 unspecified atom stereocenters. The third-order valence-electron chi connectivity index (χ3n) is 7.41. The van der Waals surface area contributed by atoms with E-state index >= 15 is 0 Å². The molecule has 2 aliphatic carbocycles. The van der Waals surface area contributed by atoms with E-state index in [2.05, 4.69) is 9.97 Å². The highest BCUT2D eigenvalue weighted by Gasteiger charge is 2.69. The number of fused-ring (bicyclic) bond motifs is 9. The summed E-state index contributed by atoms with van der Waals surface area (Å²) in [5.41, 5.74) is 1.03.